The summed E-state index contributed by atoms with van der Waals surface area (Å²) in [6, 6.07) is 40.8. The van der Waals surface area contributed by atoms with Crippen molar-refractivity contribution < 1.29 is 0 Å². The van der Waals surface area contributed by atoms with E-state index in [0.717, 1.165) is 0 Å². The van der Waals surface area contributed by atoms with Gasteiger partial charge in [0, 0.05) is 0 Å². The summed E-state index contributed by atoms with van der Waals surface area (Å²) in [7, 11) is -2.41. The van der Waals surface area contributed by atoms with Crippen LogP contribution in [0.15, 0.2) is 109 Å². The summed E-state index contributed by atoms with van der Waals surface area (Å²) in [5.41, 5.74) is 2.83. The topological polar surface area (TPSA) is 0 Å². The van der Waals surface area contributed by atoms with E-state index < -0.39 is 8.07 Å². The Morgan fingerprint density at radius 2 is 0.967 bits per heavy atom. The van der Waals surface area contributed by atoms with Gasteiger partial charge >= 0.3 is 0 Å². The second-order valence-corrected chi connectivity index (χ2v) is 13.0. The smallest absolute Gasteiger partial charge is 0.0623 e. The van der Waals surface area contributed by atoms with E-state index in [0.29, 0.717) is 0 Å². The van der Waals surface area contributed by atoms with Gasteiger partial charge in [0.15, 0.2) is 8.07 Å². The van der Waals surface area contributed by atoms with Gasteiger partial charge in [-0.05, 0) is 38.6 Å². The second kappa shape index (κ2) is 8.08. The number of hydrogen-bond acceptors (Lipinski definition) is 0. The average Bonchev–Trinajstić information content (AvgIpc) is 2.76. The van der Waals surface area contributed by atoms with Crippen LogP contribution in [0.4, 0.5) is 0 Å². The highest BCUT2D eigenvalue weighted by Crippen LogP contribution is 2.21. The normalized spacial score (nSPS) is 12.0. The number of hydrogen-bond donors (Lipinski definition) is 0. The number of benzene rings is 4. The summed E-state index contributed by atoms with van der Waals surface area (Å²) >= 11 is 0. The fraction of sp³-hybridized carbons (Fsp3) is 0.172. The largest absolute Gasteiger partial charge is 0.179 e. The van der Waals surface area contributed by atoms with E-state index in [1.807, 2.05) is 0 Å². The monoisotopic (exact) mass is 406 g/mol. The fourth-order valence-corrected chi connectivity index (χ4v) is 9.32. The molecule has 30 heavy (non-hydrogen) atoms. The summed E-state index contributed by atoms with van der Waals surface area (Å²) in [5, 5.41) is 5.71. The van der Waals surface area contributed by atoms with Gasteiger partial charge in [0.2, 0.25) is 0 Å². The number of rotatable bonds is 4. The average molecular weight is 407 g/mol. The van der Waals surface area contributed by atoms with E-state index in [-0.39, 0.29) is 5.41 Å². The van der Waals surface area contributed by atoms with Crippen LogP contribution in [0.25, 0.3) is 0 Å². The van der Waals surface area contributed by atoms with Crippen LogP contribution in [0.2, 0.25) is 0 Å². The van der Waals surface area contributed by atoms with Crippen LogP contribution >= 0.6 is 0 Å². The van der Waals surface area contributed by atoms with Crippen molar-refractivity contribution in [1.82, 2.24) is 0 Å². The maximum Gasteiger partial charge on any atom is 0.179 e. The Morgan fingerprint density at radius 3 is 1.43 bits per heavy atom. The van der Waals surface area contributed by atoms with Gasteiger partial charge < -0.3 is 0 Å². The van der Waals surface area contributed by atoms with Crippen LogP contribution < -0.4 is 20.7 Å². The molecule has 0 bridgehead atoms. The first kappa shape index (κ1) is 20.4. The molecular formula is C29H30Si. The molecular weight excluding hydrogens is 376 g/mol. The van der Waals surface area contributed by atoms with Crippen LogP contribution in [0.3, 0.4) is 0 Å². The van der Waals surface area contributed by atoms with Gasteiger partial charge in [0.05, 0.1) is 0 Å². The second-order valence-electron chi connectivity index (χ2n) is 9.18. The van der Waals surface area contributed by atoms with Crippen molar-refractivity contribution in [3.05, 3.63) is 120 Å². The van der Waals surface area contributed by atoms with Gasteiger partial charge in [-0.3, -0.25) is 0 Å². The maximum atomic E-state index is 2.39. The van der Waals surface area contributed by atoms with E-state index in [2.05, 4.69) is 137 Å². The van der Waals surface area contributed by atoms with Gasteiger partial charge in [-0.2, -0.15) is 0 Å². The van der Waals surface area contributed by atoms with E-state index in [4.69, 9.17) is 0 Å². The summed E-state index contributed by atoms with van der Waals surface area (Å²) in [5.74, 6) is 0. The molecule has 0 N–H and O–H groups in total. The fourth-order valence-electron chi connectivity index (χ4n) is 4.47. The van der Waals surface area contributed by atoms with Gasteiger partial charge in [0.1, 0.15) is 0 Å². The third-order valence-electron chi connectivity index (χ3n) is 6.05. The summed E-state index contributed by atoms with van der Waals surface area (Å²) < 4.78 is 0. The molecule has 0 radical (unpaired) electrons. The molecule has 0 atom stereocenters. The maximum absolute atomic E-state index is 2.41. The van der Waals surface area contributed by atoms with Crippen LogP contribution in [-0.2, 0) is 5.41 Å². The van der Waals surface area contributed by atoms with Crippen molar-refractivity contribution in [2.45, 2.75) is 33.1 Å². The summed E-state index contributed by atoms with van der Waals surface area (Å²) in [6.45, 7) is 9.03. The minimum absolute atomic E-state index is 0.144. The van der Waals surface area contributed by atoms with Crippen molar-refractivity contribution in [2.24, 2.45) is 0 Å². The highest BCUT2D eigenvalue weighted by molar-refractivity contribution is 7.19. The Kier molecular flexibility index (Phi) is 5.49. The van der Waals surface area contributed by atoms with Crippen LogP contribution in [-0.4, -0.2) is 8.07 Å². The Hall–Kier alpha value is -2.90. The van der Waals surface area contributed by atoms with Crippen LogP contribution in [0.1, 0.15) is 31.9 Å². The Morgan fingerprint density at radius 1 is 0.500 bits per heavy atom. The molecule has 0 nitrogen and oxygen atoms in total. The zero-order valence-electron chi connectivity index (χ0n) is 18.4. The molecule has 0 spiro atoms. The van der Waals surface area contributed by atoms with Crippen LogP contribution in [0.5, 0.6) is 0 Å². The lowest BCUT2D eigenvalue weighted by Gasteiger charge is -2.35. The molecule has 4 aromatic carbocycles. The molecule has 0 heterocycles. The lowest BCUT2D eigenvalue weighted by Crippen LogP contribution is -2.74. The Balaban J connectivity index is 2.08. The predicted molar refractivity (Wildman–Crippen MR) is 133 cm³/mol. The molecule has 0 aliphatic rings. The van der Waals surface area contributed by atoms with Crippen molar-refractivity contribution in [3.8, 4) is 0 Å². The Bertz CT molecular complexity index is 1060. The number of aryl methyl sites for hydroxylation is 1. The third-order valence-corrected chi connectivity index (χ3v) is 10.8. The highest BCUT2D eigenvalue weighted by Gasteiger charge is 2.41. The lowest BCUT2D eigenvalue weighted by molar-refractivity contribution is 0.590. The zero-order chi connectivity index (χ0) is 21.2. The Labute approximate surface area is 182 Å². The molecule has 1 heteroatoms. The van der Waals surface area contributed by atoms with E-state index in [1.54, 1.807) is 0 Å². The standard InChI is InChI=1S/C29H30Si/c1-23-12-11-17-28(22-23)30(25-13-7-5-8-14-25,26-15-9-6-10-16-26)27-20-18-24(19-21-27)29(2,3)4/h5-22H,1-4H3. The molecule has 0 amide bonds. The molecule has 0 saturated carbocycles. The quantitative estimate of drug-likeness (QED) is 0.341. The van der Waals surface area contributed by atoms with Crippen molar-refractivity contribution in [2.75, 3.05) is 0 Å². The minimum atomic E-state index is -2.41. The van der Waals surface area contributed by atoms with E-state index >= 15 is 0 Å². The van der Waals surface area contributed by atoms with Crippen molar-refractivity contribution in [1.29, 1.82) is 0 Å². The van der Waals surface area contributed by atoms with Crippen LogP contribution in [0, 0.1) is 6.92 Å². The van der Waals surface area contributed by atoms with Gasteiger partial charge in [0.25, 0.3) is 0 Å². The van der Waals surface area contributed by atoms with E-state index in [1.165, 1.54) is 31.9 Å². The molecule has 0 aromatic heterocycles. The molecule has 150 valence electrons. The highest BCUT2D eigenvalue weighted by atomic mass is 28.3. The molecule has 4 aromatic rings. The summed E-state index contributed by atoms with van der Waals surface area (Å²) in [4.78, 5) is 0. The first-order chi connectivity index (χ1) is 14.4. The van der Waals surface area contributed by atoms with Gasteiger partial charge in [-0.15, -0.1) is 0 Å². The predicted octanol–water partition coefficient (Wildman–Crippen LogP) is 4.67. The molecule has 0 saturated heterocycles. The molecule has 0 aliphatic heterocycles. The molecule has 0 unspecified atom stereocenters. The zero-order valence-corrected chi connectivity index (χ0v) is 19.4. The minimum Gasteiger partial charge on any atom is -0.0623 e. The molecule has 0 aliphatic carbocycles. The third kappa shape index (κ3) is 3.66. The SMILES string of the molecule is Cc1cccc([Si](c2ccccc2)(c2ccccc2)c2ccc(C(C)(C)C)cc2)c1. The van der Waals surface area contributed by atoms with Crippen molar-refractivity contribution >= 4 is 28.8 Å². The van der Waals surface area contributed by atoms with E-state index in [9.17, 15) is 0 Å². The van der Waals surface area contributed by atoms with Gasteiger partial charge in [-0.1, -0.05) is 136 Å². The first-order valence-electron chi connectivity index (χ1n) is 10.7. The molecule has 4 rings (SSSR count). The van der Waals surface area contributed by atoms with Crippen molar-refractivity contribution in [3.63, 3.8) is 0 Å². The first-order valence-corrected chi connectivity index (χ1v) is 12.7. The lowest BCUT2D eigenvalue weighted by atomic mass is 9.87. The summed E-state index contributed by atoms with van der Waals surface area (Å²) in [6.07, 6.45) is 0. The van der Waals surface area contributed by atoms with Gasteiger partial charge in [-0.25, -0.2) is 0 Å². The molecule has 0 fully saturated rings.